The molecular weight excluding hydrogens is 321 g/mol. The molecule has 0 spiro atoms. The van der Waals surface area contributed by atoms with E-state index in [1.807, 2.05) is 0 Å². The Morgan fingerprint density at radius 2 is 2.04 bits per heavy atom. The van der Waals surface area contributed by atoms with Crippen LogP contribution >= 0.6 is 0 Å². The van der Waals surface area contributed by atoms with Gasteiger partial charge in [0, 0.05) is 18.8 Å². The van der Waals surface area contributed by atoms with Gasteiger partial charge in [0.1, 0.15) is 5.75 Å². The van der Waals surface area contributed by atoms with Crippen molar-refractivity contribution in [3.05, 3.63) is 24.3 Å². The quantitative estimate of drug-likeness (QED) is 0.801. The molecule has 1 aromatic rings. The number of rotatable bonds is 6. The average molecular weight is 344 g/mol. The molecule has 0 aliphatic carbocycles. The molecule has 2 rings (SSSR count). The Bertz CT molecular complexity index is 532. The molecule has 1 N–H and O–H groups in total. The third-order valence-electron chi connectivity index (χ3n) is 4.00. The standard InChI is InChI=1S/C17H23F3N2O2/c1-13-4-2-9-22(12-13)10-3-11-24-15-7-5-14(6-8-15)21-16(23)17(18,19)20/h5-8,13H,2-4,9-12H2,1H3,(H,21,23). The van der Waals surface area contributed by atoms with Gasteiger partial charge < -0.3 is 15.0 Å². The Balaban J connectivity index is 1.69. The summed E-state index contributed by atoms with van der Waals surface area (Å²) in [5.74, 6) is -0.655. The number of ether oxygens (including phenoxy) is 1. The first-order chi connectivity index (χ1) is 11.3. The highest BCUT2D eigenvalue weighted by molar-refractivity contribution is 5.94. The van der Waals surface area contributed by atoms with Crippen molar-refractivity contribution < 1.29 is 22.7 Å². The second-order valence-electron chi connectivity index (χ2n) is 6.23. The number of carbonyl (C=O) groups excluding carboxylic acids is 1. The van der Waals surface area contributed by atoms with Crippen LogP contribution in [0.2, 0.25) is 0 Å². The fraction of sp³-hybridized carbons (Fsp3) is 0.588. The van der Waals surface area contributed by atoms with Gasteiger partial charge in [0.2, 0.25) is 0 Å². The summed E-state index contributed by atoms with van der Waals surface area (Å²) in [4.78, 5) is 13.3. The minimum Gasteiger partial charge on any atom is -0.494 e. The number of halogens is 3. The number of likely N-dealkylation sites (tertiary alicyclic amines) is 1. The molecule has 1 saturated heterocycles. The highest BCUT2D eigenvalue weighted by Crippen LogP contribution is 2.20. The molecule has 0 saturated carbocycles. The van der Waals surface area contributed by atoms with Crippen LogP contribution in [0.25, 0.3) is 0 Å². The van der Waals surface area contributed by atoms with E-state index < -0.39 is 12.1 Å². The molecule has 1 aliphatic rings. The van der Waals surface area contributed by atoms with Crippen molar-refractivity contribution in [3.8, 4) is 5.75 Å². The van der Waals surface area contributed by atoms with Crippen LogP contribution in [0.5, 0.6) is 5.75 Å². The van der Waals surface area contributed by atoms with E-state index in [0.29, 0.717) is 12.4 Å². The number of hydrogen-bond acceptors (Lipinski definition) is 3. The smallest absolute Gasteiger partial charge is 0.471 e. The Morgan fingerprint density at radius 3 is 2.67 bits per heavy atom. The number of nitrogens with zero attached hydrogens (tertiary/aromatic N) is 1. The number of alkyl halides is 3. The van der Waals surface area contributed by atoms with Crippen LogP contribution in [-0.4, -0.2) is 43.2 Å². The van der Waals surface area contributed by atoms with Gasteiger partial charge in [-0.3, -0.25) is 4.79 Å². The molecule has 1 fully saturated rings. The predicted molar refractivity (Wildman–Crippen MR) is 86.1 cm³/mol. The van der Waals surface area contributed by atoms with Crippen LogP contribution in [0.15, 0.2) is 24.3 Å². The zero-order chi connectivity index (χ0) is 17.6. The number of piperidine rings is 1. The molecule has 1 aromatic carbocycles. The first-order valence-corrected chi connectivity index (χ1v) is 8.18. The van der Waals surface area contributed by atoms with E-state index >= 15 is 0 Å². The summed E-state index contributed by atoms with van der Waals surface area (Å²) in [5.41, 5.74) is 0.0898. The van der Waals surface area contributed by atoms with Crippen molar-refractivity contribution >= 4 is 11.6 Å². The van der Waals surface area contributed by atoms with Crippen LogP contribution in [0.3, 0.4) is 0 Å². The molecule has 4 nitrogen and oxygen atoms in total. The second-order valence-corrected chi connectivity index (χ2v) is 6.23. The molecule has 7 heteroatoms. The van der Waals surface area contributed by atoms with Gasteiger partial charge in [-0.15, -0.1) is 0 Å². The highest BCUT2D eigenvalue weighted by Gasteiger charge is 2.38. The minimum absolute atomic E-state index is 0.0898. The lowest BCUT2D eigenvalue weighted by Crippen LogP contribution is -2.35. The Labute approximate surface area is 140 Å². The fourth-order valence-corrected chi connectivity index (χ4v) is 2.80. The fourth-order valence-electron chi connectivity index (χ4n) is 2.80. The summed E-state index contributed by atoms with van der Waals surface area (Å²) in [6.45, 7) is 6.08. The predicted octanol–water partition coefficient (Wildman–Crippen LogP) is 3.69. The number of benzene rings is 1. The lowest BCUT2D eigenvalue weighted by molar-refractivity contribution is -0.167. The highest BCUT2D eigenvalue weighted by atomic mass is 19.4. The first-order valence-electron chi connectivity index (χ1n) is 8.18. The van der Waals surface area contributed by atoms with E-state index in [0.717, 1.165) is 32.0 Å². The second kappa shape index (κ2) is 8.37. The molecule has 1 unspecified atom stereocenters. The summed E-state index contributed by atoms with van der Waals surface area (Å²) in [5, 5.41) is 1.80. The third-order valence-corrected chi connectivity index (χ3v) is 4.00. The van der Waals surface area contributed by atoms with Gasteiger partial charge >= 0.3 is 12.1 Å². The van der Waals surface area contributed by atoms with E-state index in [9.17, 15) is 18.0 Å². The van der Waals surface area contributed by atoms with Crippen molar-refractivity contribution in [1.82, 2.24) is 4.90 Å². The summed E-state index contributed by atoms with van der Waals surface area (Å²) in [6.07, 6.45) is -1.45. The van der Waals surface area contributed by atoms with Crippen molar-refractivity contribution in [2.75, 3.05) is 31.6 Å². The van der Waals surface area contributed by atoms with Gasteiger partial charge in [0.25, 0.3) is 0 Å². The maximum Gasteiger partial charge on any atom is 0.471 e. The molecule has 1 heterocycles. The molecule has 0 bridgehead atoms. The lowest BCUT2D eigenvalue weighted by atomic mass is 10.0. The molecule has 24 heavy (non-hydrogen) atoms. The Morgan fingerprint density at radius 1 is 1.33 bits per heavy atom. The van der Waals surface area contributed by atoms with E-state index in [4.69, 9.17) is 4.74 Å². The van der Waals surface area contributed by atoms with Crippen molar-refractivity contribution in [2.24, 2.45) is 5.92 Å². The van der Waals surface area contributed by atoms with Crippen LogP contribution in [0.1, 0.15) is 26.2 Å². The van der Waals surface area contributed by atoms with Gasteiger partial charge in [-0.2, -0.15) is 13.2 Å². The molecule has 0 radical (unpaired) electrons. The number of anilines is 1. The van der Waals surface area contributed by atoms with Crippen LogP contribution in [0.4, 0.5) is 18.9 Å². The zero-order valence-corrected chi connectivity index (χ0v) is 13.7. The number of amides is 1. The van der Waals surface area contributed by atoms with Gasteiger partial charge in [-0.25, -0.2) is 0 Å². The number of hydrogen-bond donors (Lipinski definition) is 1. The Hall–Kier alpha value is -1.76. The van der Waals surface area contributed by atoms with Gasteiger partial charge in [0.05, 0.1) is 6.61 Å². The minimum atomic E-state index is -4.89. The van der Waals surface area contributed by atoms with Crippen LogP contribution < -0.4 is 10.1 Å². The number of nitrogens with one attached hydrogen (secondary N) is 1. The summed E-state index contributed by atoms with van der Waals surface area (Å²) in [6, 6.07) is 5.89. The average Bonchev–Trinajstić information content (AvgIpc) is 2.52. The van der Waals surface area contributed by atoms with Crippen molar-refractivity contribution in [3.63, 3.8) is 0 Å². The maximum atomic E-state index is 12.2. The summed E-state index contributed by atoms with van der Waals surface area (Å²) >= 11 is 0. The molecule has 1 amide bonds. The normalized spacial score (nSPS) is 19.1. The largest absolute Gasteiger partial charge is 0.494 e. The van der Waals surface area contributed by atoms with Gasteiger partial charge in [0.15, 0.2) is 0 Å². The van der Waals surface area contributed by atoms with E-state index in [2.05, 4.69) is 11.8 Å². The summed E-state index contributed by atoms with van der Waals surface area (Å²) < 4.78 is 42.1. The maximum absolute atomic E-state index is 12.2. The van der Waals surface area contributed by atoms with Gasteiger partial charge in [-0.05, 0) is 56.0 Å². The van der Waals surface area contributed by atoms with E-state index in [-0.39, 0.29) is 5.69 Å². The van der Waals surface area contributed by atoms with Crippen LogP contribution in [0, 0.1) is 5.92 Å². The van der Waals surface area contributed by atoms with E-state index in [1.54, 1.807) is 17.4 Å². The Kier molecular flexibility index (Phi) is 6.48. The molecule has 0 aromatic heterocycles. The zero-order valence-electron chi connectivity index (χ0n) is 13.7. The number of carbonyl (C=O) groups is 1. The lowest BCUT2D eigenvalue weighted by Gasteiger charge is -2.30. The SMILES string of the molecule is CC1CCCN(CCCOc2ccc(NC(=O)C(F)(F)F)cc2)C1. The monoisotopic (exact) mass is 344 g/mol. The molecule has 1 atom stereocenters. The topological polar surface area (TPSA) is 41.6 Å². The third kappa shape index (κ3) is 6.03. The molecule has 134 valence electrons. The molecule has 1 aliphatic heterocycles. The van der Waals surface area contributed by atoms with Crippen molar-refractivity contribution in [1.29, 1.82) is 0 Å². The first kappa shape index (κ1) is 18.6. The van der Waals surface area contributed by atoms with Gasteiger partial charge in [-0.1, -0.05) is 6.92 Å². The van der Waals surface area contributed by atoms with E-state index in [1.165, 1.54) is 25.0 Å². The van der Waals surface area contributed by atoms with Crippen LogP contribution in [-0.2, 0) is 4.79 Å². The van der Waals surface area contributed by atoms with Crippen molar-refractivity contribution in [2.45, 2.75) is 32.4 Å². The summed E-state index contributed by atoms with van der Waals surface area (Å²) in [7, 11) is 0. The molecular formula is C17H23F3N2O2.